The van der Waals surface area contributed by atoms with E-state index in [9.17, 15) is 9.59 Å². The second kappa shape index (κ2) is 9.19. The molecule has 2 amide bonds. The topological polar surface area (TPSA) is 65.5 Å². The van der Waals surface area contributed by atoms with Crippen molar-refractivity contribution >= 4 is 45.6 Å². The minimum atomic E-state index is -0.395. The molecule has 2 aliphatic rings. The van der Waals surface area contributed by atoms with E-state index in [1.807, 2.05) is 36.4 Å². The zero-order chi connectivity index (χ0) is 23.8. The second-order valence-electron chi connectivity index (χ2n) is 8.77. The molecule has 2 saturated heterocycles. The van der Waals surface area contributed by atoms with E-state index < -0.39 is 5.91 Å². The summed E-state index contributed by atoms with van der Waals surface area (Å²) in [5.74, 6) is -0.635. The summed E-state index contributed by atoms with van der Waals surface area (Å²) >= 11 is 0.882. The Morgan fingerprint density at radius 1 is 1.06 bits per heavy atom. The van der Waals surface area contributed by atoms with Crippen molar-refractivity contribution in [2.75, 3.05) is 31.1 Å². The molecule has 34 heavy (non-hydrogen) atoms. The Morgan fingerprint density at radius 2 is 1.85 bits per heavy atom. The number of rotatable bonds is 4. The molecular formula is C26H25FN4O2S. The summed E-state index contributed by atoms with van der Waals surface area (Å²) in [6.07, 6.45) is 3.40. The molecule has 0 bridgehead atoms. The molecule has 1 N–H and O–H groups in total. The SMILES string of the molecule is CC(C)N1CCN(c2ccc(-c3ccnc4ccc(C=C5SC(=O)NC5=O)cc34)cc2F)CC1. The second-order valence-corrected chi connectivity index (χ2v) is 9.79. The standard InChI is InChI=1S/C26H25FN4O2S/c1-16(2)30-9-11-31(12-10-30)23-6-4-18(15-21(23)27)19-7-8-28-22-5-3-17(13-20(19)22)14-24-25(32)29-26(33)34-24/h3-8,13-16H,9-12H2,1-2H3,(H,29,32,33). The molecule has 8 heteroatoms. The van der Waals surface area contributed by atoms with Crippen LogP contribution in [0.25, 0.3) is 28.1 Å². The molecule has 0 unspecified atom stereocenters. The summed E-state index contributed by atoms with van der Waals surface area (Å²) in [5, 5.41) is 2.74. The minimum absolute atomic E-state index is 0.240. The number of aromatic nitrogens is 1. The molecule has 0 aliphatic carbocycles. The molecule has 5 rings (SSSR count). The summed E-state index contributed by atoms with van der Waals surface area (Å²) in [6.45, 7) is 7.83. The first-order valence-electron chi connectivity index (χ1n) is 11.3. The van der Waals surface area contributed by atoms with Crippen LogP contribution in [0.1, 0.15) is 19.4 Å². The highest BCUT2D eigenvalue weighted by Gasteiger charge is 2.25. The van der Waals surface area contributed by atoms with Gasteiger partial charge in [0.25, 0.3) is 11.1 Å². The maximum Gasteiger partial charge on any atom is 0.290 e. The van der Waals surface area contributed by atoms with Crippen LogP contribution in [0, 0.1) is 5.82 Å². The summed E-state index contributed by atoms with van der Waals surface area (Å²) in [4.78, 5) is 32.7. The summed E-state index contributed by atoms with van der Waals surface area (Å²) in [6, 6.07) is 13.4. The number of thioether (sulfide) groups is 1. The predicted molar refractivity (Wildman–Crippen MR) is 135 cm³/mol. The lowest BCUT2D eigenvalue weighted by atomic mass is 9.99. The van der Waals surface area contributed by atoms with Gasteiger partial charge < -0.3 is 4.90 Å². The number of imide groups is 1. The lowest BCUT2D eigenvalue weighted by Crippen LogP contribution is -2.49. The largest absolute Gasteiger partial charge is 0.367 e. The van der Waals surface area contributed by atoms with E-state index in [2.05, 4.69) is 33.9 Å². The van der Waals surface area contributed by atoms with Crippen LogP contribution in [0.3, 0.4) is 0 Å². The third-order valence-electron chi connectivity index (χ3n) is 6.35. The highest BCUT2D eigenvalue weighted by Crippen LogP contribution is 2.33. The van der Waals surface area contributed by atoms with E-state index in [1.54, 1.807) is 18.3 Å². The third kappa shape index (κ3) is 4.43. The number of amides is 2. The van der Waals surface area contributed by atoms with Crippen molar-refractivity contribution in [2.45, 2.75) is 19.9 Å². The first-order chi connectivity index (χ1) is 16.4. The highest BCUT2D eigenvalue weighted by molar-refractivity contribution is 8.18. The molecular weight excluding hydrogens is 451 g/mol. The lowest BCUT2D eigenvalue weighted by Gasteiger charge is -2.38. The van der Waals surface area contributed by atoms with E-state index in [1.165, 1.54) is 0 Å². The fourth-order valence-electron chi connectivity index (χ4n) is 4.49. The van der Waals surface area contributed by atoms with E-state index in [0.717, 1.165) is 65.5 Å². The van der Waals surface area contributed by atoms with Crippen LogP contribution in [-0.2, 0) is 4.79 Å². The van der Waals surface area contributed by atoms with Gasteiger partial charge in [-0.2, -0.15) is 0 Å². The van der Waals surface area contributed by atoms with Gasteiger partial charge in [0.2, 0.25) is 0 Å². The molecule has 1 aromatic heterocycles. The van der Waals surface area contributed by atoms with Crippen LogP contribution in [0.5, 0.6) is 0 Å². The van der Waals surface area contributed by atoms with E-state index >= 15 is 4.39 Å². The first kappa shape index (κ1) is 22.6. The molecule has 2 fully saturated rings. The van der Waals surface area contributed by atoms with Gasteiger partial charge in [0.15, 0.2) is 0 Å². The lowest BCUT2D eigenvalue weighted by molar-refractivity contribution is -0.115. The van der Waals surface area contributed by atoms with Crippen molar-refractivity contribution in [1.29, 1.82) is 0 Å². The Morgan fingerprint density at radius 3 is 2.53 bits per heavy atom. The molecule has 3 aromatic rings. The zero-order valence-electron chi connectivity index (χ0n) is 19.0. The molecule has 0 spiro atoms. The Hall–Kier alpha value is -3.23. The van der Waals surface area contributed by atoms with E-state index in [4.69, 9.17) is 0 Å². The minimum Gasteiger partial charge on any atom is -0.367 e. The Labute approximate surface area is 201 Å². The fourth-order valence-corrected chi connectivity index (χ4v) is 5.17. The van der Waals surface area contributed by atoms with E-state index in [-0.39, 0.29) is 11.1 Å². The van der Waals surface area contributed by atoms with Gasteiger partial charge in [-0.1, -0.05) is 12.1 Å². The normalized spacial score (nSPS) is 18.4. The number of piperazine rings is 1. The van der Waals surface area contributed by atoms with E-state index in [0.29, 0.717) is 16.6 Å². The van der Waals surface area contributed by atoms with Crippen molar-refractivity contribution < 1.29 is 14.0 Å². The molecule has 0 atom stereocenters. The van der Waals surface area contributed by atoms with Crippen LogP contribution in [-0.4, -0.2) is 53.3 Å². The number of anilines is 1. The van der Waals surface area contributed by atoms with Crippen LogP contribution in [0.2, 0.25) is 0 Å². The van der Waals surface area contributed by atoms with Gasteiger partial charge >= 0.3 is 0 Å². The van der Waals surface area contributed by atoms with Crippen molar-refractivity contribution in [1.82, 2.24) is 15.2 Å². The number of hydrogen-bond acceptors (Lipinski definition) is 6. The highest BCUT2D eigenvalue weighted by atomic mass is 32.2. The van der Waals surface area contributed by atoms with Crippen LogP contribution >= 0.6 is 11.8 Å². The number of fused-ring (bicyclic) bond motifs is 1. The molecule has 174 valence electrons. The average molecular weight is 477 g/mol. The number of pyridine rings is 1. The predicted octanol–water partition coefficient (Wildman–Crippen LogP) is 4.90. The maximum absolute atomic E-state index is 15.2. The summed E-state index contributed by atoms with van der Waals surface area (Å²) in [7, 11) is 0. The van der Waals surface area contributed by atoms with Crippen molar-refractivity contribution in [2.24, 2.45) is 0 Å². The third-order valence-corrected chi connectivity index (χ3v) is 7.16. The van der Waals surface area contributed by atoms with Gasteiger partial charge in [-0.25, -0.2) is 4.39 Å². The van der Waals surface area contributed by atoms with Gasteiger partial charge in [-0.15, -0.1) is 0 Å². The van der Waals surface area contributed by atoms with Gasteiger partial charge in [-0.3, -0.25) is 24.8 Å². The molecule has 3 heterocycles. The van der Waals surface area contributed by atoms with Crippen LogP contribution in [0.4, 0.5) is 14.9 Å². The number of carbonyl (C=O) groups excluding carboxylic acids is 2. The van der Waals surface area contributed by atoms with Crippen molar-refractivity contribution in [3.8, 4) is 11.1 Å². The van der Waals surface area contributed by atoms with Crippen LogP contribution in [0.15, 0.2) is 53.6 Å². The van der Waals surface area contributed by atoms with Gasteiger partial charge in [0.1, 0.15) is 5.82 Å². The Bertz CT molecular complexity index is 1320. The zero-order valence-corrected chi connectivity index (χ0v) is 19.9. The smallest absolute Gasteiger partial charge is 0.290 e. The molecule has 0 saturated carbocycles. The Kier molecular flexibility index (Phi) is 6.10. The quantitative estimate of drug-likeness (QED) is 0.541. The Balaban J connectivity index is 1.46. The maximum atomic E-state index is 15.2. The fraction of sp³-hybridized carbons (Fsp3) is 0.269. The summed E-state index contributed by atoms with van der Waals surface area (Å²) in [5.41, 5.74) is 3.80. The summed E-state index contributed by atoms with van der Waals surface area (Å²) < 4.78 is 15.2. The number of hydrogen-bond donors (Lipinski definition) is 1. The average Bonchev–Trinajstić information content (AvgIpc) is 3.15. The van der Waals surface area contributed by atoms with Gasteiger partial charge in [0, 0.05) is 43.8 Å². The number of nitrogens with one attached hydrogen (secondary N) is 1. The molecule has 2 aromatic carbocycles. The molecule has 2 aliphatic heterocycles. The number of halogens is 1. The number of nitrogens with zero attached hydrogens (tertiary/aromatic N) is 3. The number of carbonyl (C=O) groups is 2. The van der Waals surface area contributed by atoms with Gasteiger partial charge in [0.05, 0.1) is 16.1 Å². The monoisotopic (exact) mass is 476 g/mol. The van der Waals surface area contributed by atoms with Crippen molar-refractivity contribution in [3.05, 3.63) is 64.9 Å². The van der Waals surface area contributed by atoms with Crippen LogP contribution < -0.4 is 10.2 Å². The molecule has 6 nitrogen and oxygen atoms in total. The van der Waals surface area contributed by atoms with Crippen molar-refractivity contribution in [3.63, 3.8) is 0 Å². The van der Waals surface area contributed by atoms with Gasteiger partial charge in [-0.05, 0) is 78.7 Å². The number of benzene rings is 2. The molecule has 0 radical (unpaired) electrons. The first-order valence-corrected chi connectivity index (χ1v) is 12.1.